The molecule has 0 unspecified atom stereocenters. The fraction of sp³-hybridized carbons (Fsp3) is 0.138. The molecule has 32 heavy (non-hydrogen) atoms. The van der Waals surface area contributed by atoms with Crippen LogP contribution in [-0.2, 0) is 5.41 Å². The van der Waals surface area contributed by atoms with Crippen LogP contribution in [0, 0.1) is 0 Å². The van der Waals surface area contributed by atoms with E-state index < -0.39 is 0 Å². The minimum atomic E-state index is 0.0274. The maximum atomic E-state index is 6.34. The Morgan fingerprint density at radius 3 is 2.56 bits per heavy atom. The number of pyridine rings is 1. The van der Waals surface area contributed by atoms with Crippen LogP contribution in [-0.4, -0.2) is 4.98 Å². The Hall–Kier alpha value is -3.43. The normalized spacial score (nSPS) is 12.2. The molecule has 3 aromatic carbocycles. The summed E-state index contributed by atoms with van der Waals surface area (Å²) >= 11 is 1.75. The van der Waals surface area contributed by atoms with Crippen molar-refractivity contribution >= 4 is 43.2 Å². The zero-order chi connectivity index (χ0) is 21.9. The summed E-state index contributed by atoms with van der Waals surface area (Å²) in [5.41, 5.74) is 5.44. The monoisotopic (exact) mass is 433 g/mol. The first kappa shape index (κ1) is 19.3. The third kappa shape index (κ3) is 3.04. The molecule has 0 amide bonds. The first-order valence-electron chi connectivity index (χ1n) is 10.9. The lowest BCUT2D eigenvalue weighted by Gasteiger charge is -2.22. The molecule has 0 N–H and O–H groups in total. The van der Waals surface area contributed by atoms with Gasteiger partial charge in [0.1, 0.15) is 11.3 Å². The van der Waals surface area contributed by atoms with Gasteiger partial charge in [0, 0.05) is 32.8 Å². The lowest BCUT2D eigenvalue weighted by atomic mass is 9.82. The third-order valence-electron chi connectivity index (χ3n) is 6.15. The summed E-state index contributed by atoms with van der Waals surface area (Å²) in [6, 6.07) is 25.8. The highest BCUT2D eigenvalue weighted by molar-refractivity contribution is 7.17. The van der Waals surface area contributed by atoms with E-state index in [1.54, 1.807) is 11.3 Å². The number of aromatic nitrogens is 1. The SMILES string of the molecule is CC(C)(C)c1cc(-c2nccc3oc(-c4cccc5sccc45)cc23)cc2ccccc12. The standard InChI is InChI=1S/C29H23NOS/c1-29(2,3)24-16-19(15-18-7-4-5-8-20(18)24)28-23-17-26(31-25(23)11-13-30-28)21-9-6-10-27-22(21)12-14-32-27/h4-17H,1-3H3. The van der Waals surface area contributed by atoms with Crippen molar-refractivity contribution in [1.82, 2.24) is 4.98 Å². The highest BCUT2D eigenvalue weighted by Gasteiger charge is 2.20. The summed E-state index contributed by atoms with van der Waals surface area (Å²) in [6.45, 7) is 6.80. The number of furan rings is 1. The Morgan fingerprint density at radius 1 is 0.812 bits per heavy atom. The van der Waals surface area contributed by atoms with Crippen LogP contribution in [0.15, 0.2) is 88.8 Å². The Bertz CT molecular complexity index is 1610. The summed E-state index contributed by atoms with van der Waals surface area (Å²) in [7, 11) is 0. The van der Waals surface area contributed by atoms with Crippen molar-refractivity contribution in [2.24, 2.45) is 0 Å². The smallest absolute Gasteiger partial charge is 0.138 e. The van der Waals surface area contributed by atoms with Crippen molar-refractivity contribution in [2.75, 3.05) is 0 Å². The molecule has 2 nitrogen and oxygen atoms in total. The molecule has 0 radical (unpaired) electrons. The minimum Gasteiger partial charge on any atom is -0.456 e. The molecule has 156 valence electrons. The van der Waals surface area contributed by atoms with E-state index in [9.17, 15) is 0 Å². The number of fused-ring (bicyclic) bond motifs is 3. The van der Waals surface area contributed by atoms with Crippen molar-refractivity contribution in [3.63, 3.8) is 0 Å². The van der Waals surface area contributed by atoms with Crippen molar-refractivity contribution in [3.8, 4) is 22.6 Å². The molecule has 6 rings (SSSR count). The van der Waals surface area contributed by atoms with Crippen LogP contribution in [0.2, 0.25) is 0 Å². The van der Waals surface area contributed by atoms with Gasteiger partial charge in [-0.1, -0.05) is 57.2 Å². The summed E-state index contributed by atoms with van der Waals surface area (Å²) < 4.78 is 7.61. The average molecular weight is 434 g/mol. The fourth-order valence-corrected chi connectivity index (χ4v) is 5.42. The molecule has 0 bridgehead atoms. The number of hydrogen-bond acceptors (Lipinski definition) is 3. The van der Waals surface area contributed by atoms with E-state index in [2.05, 4.69) is 92.9 Å². The van der Waals surface area contributed by atoms with Gasteiger partial charge >= 0.3 is 0 Å². The Morgan fingerprint density at radius 2 is 1.69 bits per heavy atom. The van der Waals surface area contributed by atoms with Crippen molar-refractivity contribution in [3.05, 3.63) is 89.9 Å². The van der Waals surface area contributed by atoms with Gasteiger partial charge in [-0.3, -0.25) is 4.98 Å². The molecular formula is C29H23NOS. The fourth-order valence-electron chi connectivity index (χ4n) is 4.60. The second-order valence-corrected chi connectivity index (χ2v) is 10.3. The van der Waals surface area contributed by atoms with Crippen molar-refractivity contribution < 1.29 is 4.42 Å². The number of benzene rings is 3. The maximum absolute atomic E-state index is 6.34. The Labute approximate surface area is 191 Å². The zero-order valence-corrected chi connectivity index (χ0v) is 19.2. The number of thiophene rings is 1. The van der Waals surface area contributed by atoms with Gasteiger partial charge in [0.2, 0.25) is 0 Å². The molecule has 0 spiro atoms. The Balaban J connectivity index is 1.60. The average Bonchev–Trinajstić information content (AvgIpc) is 3.44. The predicted molar refractivity (Wildman–Crippen MR) is 136 cm³/mol. The molecule has 0 saturated carbocycles. The van der Waals surface area contributed by atoms with E-state index in [0.29, 0.717) is 0 Å². The zero-order valence-electron chi connectivity index (χ0n) is 18.3. The Kier molecular flexibility index (Phi) is 4.24. The topological polar surface area (TPSA) is 26.0 Å². The second-order valence-electron chi connectivity index (χ2n) is 9.31. The molecule has 0 aliphatic carbocycles. The summed E-state index contributed by atoms with van der Waals surface area (Å²) in [6.07, 6.45) is 1.85. The molecule has 0 aliphatic heterocycles. The van der Waals surface area contributed by atoms with Gasteiger partial charge in [0.15, 0.2) is 0 Å². The summed E-state index contributed by atoms with van der Waals surface area (Å²) in [4.78, 5) is 4.81. The van der Waals surface area contributed by atoms with Gasteiger partial charge in [-0.15, -0.1) is 11.3 Å². The quantitative estimate of drug-likeness (QED) is 0.273. The van der Waals surface area contributed by atoms with Crippen LogP contribution >= 0.6 is 11.3 Å². The van der Waals surface area contributed by atoms with Crippen LogP contribution in [0.4, 0.5) is 0 Å². The second kappa shape index (κ2) is 7.04. The van der Waals surface area contributed by atoms with Gasteiger partial charge in [0.25, 0.3) is 0 Å². The third-order valence-corrected chi connectivity index (χ3v) is 7.03. The maximum Gasteiger partial charge on any atom is 0.138 e. The first-order chi connectivity index (χ1) is 15.5. The summed E-state index contributed by atoms with van der Waals surface area (Å²) in [5.74, 6) is 0.884. The van der Waals surface area contributed by atoms with Gasteiger partial charge in [0.05, 0.1) is 5.69 Å². The van der Waals surface area contributed by atoms with E-state index in [-0.39, 0.29) is 5.41 Å². The van der Waals surface area contributed by atoms with Gasteiger partial charge in [-0.05, 0) is 63.5 Å². The molecule has 0 aliphatic rings. The molecule has 0 atom stereocenters. The van der Waals surface area contributed by atoms with E-state index in [1.807, 2.05) is 12.3 Å². The van der Waals surface area contributed by atoms with Gasteiger partial charge in [-0.25, -0.2) is 0 Å². The molecule has 3 heteroatoms. The molecular weight excluding hydrogens is 410 g/mol. The molecule has 3 heterocycles. The van der Waals surface area contributed by atoms with Crippen LogP contribution in [0.1, 0.15) is 26.3 Å². The highest BCUT2D eigenvalue weighted by atomic mass is 32.1. The molecule has 3 aromatic heterocycles. The van der Waals surface area contributed by atoms with Gasteiger partial charge in [-0.2, -0.15) is 0 Å². The largest absolute Gasteiger partial charge is 0.456 e. The lowest BCUT2D eigenvalue weighted by Crippen LogP contribution is -2.12. The highest BCUT2D eigenvalue weighted by Crippen LogP contribution is 2.39. The predicted octanol–water partition coefficient (Wildman–Crippen LogP) is 8.83. The summed E-state index contributed by atoms with van der Waals surface area (Å²) in [5, 5.41) is 6.94. The first-order valence-corrected chi connectivity index (χ1v) is 11.8. The molecule has 0 saturated heterocycles. The molecule has 0 fully saturated rings. The lowest BCUT2D eigenvalue weighted by molar-refractivity contribution is 0.596. The van der Waals surface area contributed by atoms with Crippen molar-refractivity contribution in [2.45, 2.75) is 26.2 Å². The van der Waals surface area contributed by atoms with E-state index >= 15 is 0 Å². The van der Waals surface area contributed by atoms with Gasteiger partial charge < -0.3 is 4.42 Å². The van der Waals surface area contributed by atoms with E-state index in [1.165, 1.54) is 26.4 Å². The minimum absolute atomic E-state index is 0.0274. The number of hydrogen-bond donors (Lipinski definition) is 0. The number of nitrogens with zero attached hydrogens (tertiary/aromatic N) is 1. The van der Waals surface area contributed by atoms with Crippen molar-refractivity contribution in [1.29, 1.82) is 0 Å². The van der Waals surface area contributed by atoms with Crippen LogP contribution in [0.3, 0.4) is 0 Å². The number of rotatable bonds is 2. The molecule has 6 aromatic rings. The van der Waals surface area contributed by atoms with E-state index in [0.717, 1.165) is 33.6 Å². The van der Waals surface area contributed by atoms with Crippen LogP contribution in [0.5, 0.6) is 0 Å². The van der Waals surface area contributed by atoms with Crippen LogP contribution in [0.25, 0.3) is 54.4 Å². The van der Waals surface area contributed by atoms with Crippen LogP contribution < -0.4 is 0 Å². The van der Waals surface area contributed by atoms with E-state index in [4.69, 9.17) is 9.40 Å².